The molecule has 1 aliphatic rings. The number of carbonyl (C=O) groups is 1. The van der Waals surface area contributed by atoms with Gasteiger partial charge in [0.05, 0.1) is 0 Å². The van der Waals surface area contributed by atoms with Gasteiger partial charge >= 0.3 is 162 Å². The Hall–Kier alpha value is 0.0256. The van der Waals surface area contributed by atoms with Gasteiger partial charge in [0.15, 0.2) is 0 Å². The van der Waals surface area contributed by atoms with Crippen molar-refractivity contribution in [2.24, 2.45) is 0 Å². The van der Waals surface area contributed by atoms with Crippen LogP contribution in [0.2, 0.25) is 33.0 Å². The topological polar surface area (TPSA) is 29.5 Å². The molecule has 0 aromatic carbocycles. The number of nitrogens with zero attached hydrogens (tertiary/aromatic N) is 1. The zero-order valence-corrected chi connectivity index (χ0v) is 21.5. The second-order valence-electron chi connectivity index (χ2n) is 8.75. The first-order valence-electron chi connectivity index (χ1n) is 10.5. The van der Waals surface area contributed by atoms with Crippen molar-refractivity contribution in [1.29, 1.82) is 0 Å². The molecule has 25 heavy (non-hydrogen) atoms. The van der Waals surface area contributed by atoms with Gasteiger partial charge in [0.1, 0.15) is 0 Å². The van der Waals surface area contributed by atoms with Gasteiger partial charge in [0, 0.05) is 0 Å². The van der Waals surface area contributed by atoms with Crippen molar-refractivity contribution in [2.45, 2.75) is 92.2 Å². The van der Waals surface area contributed by atoms with Gasteiger partial charge in [0.2, 0.25) is 0 Å². The fraction of sp³-hybridized carbons (Fsp3) is 0.850. The van der Waals surface area contributed by atoms with Gasteiger partial charge < -0.3 is 0 Å². The molecule has 1 amide bonds. The fourth-order valence-electron chi connectivity index (χ4n) is 3.84. The summed E-state index contributed by atoms with van der Waals surface area (Å²) in [5.41, 5.74) is 2.59. The minimum absolute atomic E-state index is 0.0740. The van der Waals surface area contributed by atoms with Crippen LogP contribution < -0.4 is 0 Å². The fourth-order valence-corrected chi connectivity index (χ4v) is 26.8. The normalized spacial score (nSPS) is 16.5. The first kappa shape index (κ1) is 23.1. The molecule has 0 bridgehead atoms. The van der Waals surface area contributed by atoms with Gasteiger partial charge in [-0.25, -0.2) is 0 Å². The van der Waals surface area contributed by atoms with Crippen LogP contribution in [0.1, 0.15) is 59.3 Å². The van der Waals surface area contributed by atoms with E-state index in [4.69, 9.17) is 4.74 Å². The molecule has 0 spiro atoms. The molecule has 0 aromatic rings. The van der Waals surface area contributed by atoms with Gasteiger partial charge in [-0.1, -0.05) is 0 Å². The van der Waals surface area contributed by atoms with Gasteiger partial charge in [0.25, 0.3) is 0 Å². The quantitative estimate of drug-likeness (QED) is 0.299. The van der Waals surface area contributed by atoms with Crippen LogP contribution in [0.5, 0.6) is 0 Å². The van der Waals surface area contributed by atoms with Crippen LogP contribution in [0.25, 0.3) is 0 Å². The van der Waals surface area contributed by atoms with Crippen LogP contribution in [-0.2, 0) is 4.74 Å². The van der Waals surface area contributed by atoms with Gasteiger partial charge in [-0.05, 0) is 0 Å². The van der Waals surface area contributed by atoms with E-state index in [1.165, 1.54) is 55.5 Å². The van der Waals surface area contributed by atoms with Crippen molar-refractivity contribution in [1.82, 2.24) is 4.90 Å². The molecule has 1 fully saturated rings. The molecular formula is C20H41NO2SiSn. The molecule has 1 rings (SSSR count). The molecule has 1 heterocycles. The molecule has 1 aliphatic heterocycles. The summed E-state index contributed by atoms with van der Waals surface area (Å²) in [5, 5.41) is 0. The van der Waals surface area contributed by atoms with Gasteiger partial charge in [-0.3, -0.25) is 0 Å². The summed E-state index contributed by atoms with van der Waals surface area (Å²) in [6.45, 7) is 15.5. The molecule has 1 saturated heterocycles. The van der Waals surface area contributed by atoms with Crippen LogP contribution in [0.4, 0.5) is 4.79 Å². The van der Waals surface area contributed by atoms with Crippen molar-refractivity contribution in [3.8, 4) is 0 Å². The molecule has 0 unspecified atom stereocenters. The van der Waals surface area contributed by atoms with E-state index in [0.717, 1.165) is 6.54 Å². The van der Waals surface area contributed by atoms with E-state index in [1.54, 1.807) is 0 Å². The Balaban J connectivity index is 3.36. The van der Waals surface area contributed by atoms with Crippen LogP contribution in [-0.4, -0.2) is 50.6 Å². The number of rotatable bonds is 12. The third-order valence-corrected chi connectivity index (χ3v) is 22.7. The Morgan fingerprint density at radius 2 is 1.52 bits per heavy atom. The molecule has 0 N–H and O–H groups in total. The maximum atomic E-state index is 12.5. The average molecular weight is 474 g/mol. The SMILES string of the molecule is CCC[CH2][Sn]([CH2]CCC)([CH2]CCC)/[C](=C\[Si](C)(C)C)N1CCOC1=O. The zero-order valence-electron chi connectivity index (χ0n) is 17.6. The van der Waals surface area contributed by atoms with Crippen molar-refractivity contribution >= 4 is 32.5 Å². The number of cyclic esters (lactones) is 1. The molecule has 0 aliphatic carbocycles. The van der Waals surface area contributed by atoms with E-state index in [2.05, 4.69) is 51.0 Å². The number of unbranched alkanes of at least 4 members (excludes halogenated alkanes) is 3. The molecule has 5 heteroatoms. The van der Waals surface area contributed by atoms with Crippen molar-refractivity contribution in [3.05, 3.63) is 9.41 Å². The predicted octanol–water partition coefficient (Wildman–Crippen LogP) is 6.59. The van der Waals surface area contributed by atoms with Gasteiger partial charge in [-0.15, -0.1) is 0 Å². The summed E-state index contributed by atoms with van der Waals surface area (Å²) in [6.07, 6.45) is 7.71. The molecule has 0 aromatic heterocycles. The standard InChI is InChI=1S/C8H14NO2Si.3C4H9.Sn/c1-12(2,3)7-5-9-4-6-11-8(9)10;3*1-3-4-2;/h7H,4,6H2,1-3H3;3*1,3-4H2,2H3;. The van der Waals surface area contributed by atoms with Crippen molar-refractivity contribution in [2.75, 3.05) is 13.2 Å². The third kappa shape index (κ3) is 7.28. The summed E-state index contributed by atoms with van der Waals surface area (Å²) in [5.74, 6) is 0. The molecule has 0 atom stereocenters. The summed E-state index contributed by atoms with van der Waals surface area (Å²) < 4.78 is 11.1. The second-order valence-corrected chi connectivity index (χ2v) is 26.8. The van der Waals surface area contributed by atoms with E-state index in [-0.39, 0.29) is 6.09 Å². The summed E-state index contributed by atoms with van der Waals surface area (Å²) >= 11 is -2.62. The minimum atomic E-state index is -2.62. The Morgan fingerprint density at radius 1 is 1.04 bits per heavy atom. The Kier molecular flexibility index (Phi) is 10.2. The first-order valence-corrected chi connectivity index (χ1v) is 21.5. The van der Waals surface area contributed by atoms with E-state index in [9.17, 15) is 4.79 Å². The summed E-state index contributed by atoms with van der Waals surface area (Å²) in [4.78, 5) is 14.6. The van der Waals surface area contributed by atoms with Gasteiger partial charge in [-0.2, -0.15) is 0 Å². The molecular weight excluding hydrogens is 433 g/mol. The van der Waals surface area contributed by atoms with Crippen LogP contribution in [0.15, 0.2) is 9.41 Å². The summed E-state index contributed by atoms with van der Waals surface area (Å²) in [6, 6.07) is 0. The molecule has 146 valence electrons. The number of hydrogen-bond acceptors (Lipinski definition) is 2. The number of ether oxygens (including phenoxy) is 1. The average Bonchev–Trinajstić information content (AvgIpc) is 2.97. The monoisotopic (exact) mass is 475 g/mol. The molecule has 3 nitrogen and oxygen atoms in total. The Morgan fingerprint density at radius 3 is 1.84 bits per heavy atom. The summed E-state index contributed by atoms with van der Waals surface area (Å²) in [7, 11) is -1.40. The van der Waals surface area contributed by atoms with E-state index < -0.39 is 26.5 Å². The zero-order chi connectivity index (χ0) is 18.9. The molecule has 0 saturated carbocycles. The Labute approximate surface area is 161 Å². The second kappa shape index (κ2) is 11.0. The van der Waals surface area contributed by atoms with E-state index in [1.807, 2.05) is 0 Å². The van der Waals surface area contributed by atoms with E-state index >= 15 is 0 Å². The van der Waals surface area contributed by atoms with Crippen LogP contribution >= 0.6 is 0 Å². The van der Waals surface area contributed by atoms with Crippen LogP contribution in [0, 0.1) is 0 Å². The van der Waals surface area contributed by atoms with Crippen molar-refractivity contribution < 1.29 is 9.53 Å². The number of carbonyl (C=O) groups excluding carboxylic acids is 1. The van der Waals surface area contributed by atoms with Crippen molar-refractivity contribution in [3.63, 3.8) is 0 Å². The van der Waals surface area contributed by atoms with E-state index in [0.29, 0.717) is 6.61 Å². The predicted molar refractivity (Wildman–Crippen MR) is 114 cm³/mol. The molecule has 0 radical (unpaired) electrons. The number of hydrogen-bond donors (Lipinski definition) is 0. The Bertz CT molecular complexity index is 424. The third-order valence-electron chi connectivity index (χ3n) is 5.19. The maximum absolute atomic E-state index is 12.5. The van der Waals surface area contributed by atoms with Crippen LogP contribution in [0.3, 0.4) is 0 Å². The number of amides is 1. The first-order chi connectivity index (χ1) is 11.8.